The lowest BCUT2D eigenvalue weighted by molar-refractivity contribution is -0.114. The largest absolute Gasteiger partial charge is 0.497 e. The van der Waals surface area contributed by atoms with Gasteiger partial charge in [0.15, 0.2) is 0 Å². The average molecular weight is 364 g/mol. The number of amides is 2. The van der Waals surface area contributed by atoms with Gasteiger partial charge in [0.05, 0.1) is 7.11 Å². The molecular formula is C17H17FN2O4S. The van der Waals surface area contributed by atoms with Crippen LogP contribution in [-0.2, 0) is 20.4 Å². The number of nitrogens with one attached hydrogen (secondary N) is 2. The summed E-state index contributed by atoms with van der Waals surface area (Å²) in [4.78, 5) is 23.6. The molecule has 0 aliphatic rings. The van der Waals surface area contributed by atoms with Crippen molar-refractivity contribution in [3.8, 4) is 5.75 Å². The van der Waals surface area contributed by atoms with Gasteiger partial charge in [-0.1, -0.05) is 6.07 Å². The SMILES string of the molecule is COc1ccc(NC(=O)C[S@](=O)CC(=O)Nc2cccc(F)c2)cc1. The zero-order chi connectivity index (χ0) is 18.2. The maximum absolute atomic E-state index is 13.0. The molecule has 0 aliphatic carbocycles. The molecule has 0 unspecified atom stereocenters. The second-order valence-electron chi connectivity index (χ2n) is 5.06. The molecule has 2 N–H and O–H groups in total. The first-order chi connectivity index (χ1) is 12.0. The number of carbonyl (C=O) groups excluding carboxylic acids is 2. The molecule has 132 valence electrons. The van der Waals surface area contributed by atoms with Crippen LogP contribution in [-0.4, -0.2) is 34.6 Å². The highest BCUT2D eigenvalue weighted by atomic mass is 32.2. The molecule has 0 aliphatic heterocycles. The Bertz CT molecular complexity index is 780. The highest BCUT2D eigenvalue weighted by Gasteiger charge is 2.13. The zero-order valence-corrected chi connectivity index (χ0v) is 14.3. The van der Waals surface area contributed by atoms with Crippen LogP contribution < -0.4 is 15.4 Å². The summed E-state index contributed by atoms with van der Waals surface area (Å²) in [6.07, 6.45) is 0. The second-order valence-corrected chi connectivity index (χ2v) is 6.52. The Balaban J connectivity index is 1.80. The van der Waals surface area contributed by atoms with Crippen molar-refractivity contribution in [2.24, 2.45) is 0 Å². The van der Waals surface area contributed by atoms with E-state index in [0.29, 0.717) is 11.4 Å². The summed E-state index contributed by atoms with van der Waals surface area (Å²) >= 11 is 0. The predicted molar refractivity (Wildman–Crippen MR) is 94.5 cm³/mol. The van der Waals surface area contributed by atoms with Crippen LogP contribution in [0.25, 0.3) is 0 Å². The van der Waals surface area contributed by atoms with Gasteiger partial charge >= 0.3 is 0 Å². The van der Waals surface area contributed by atoms with E-state index in [1.807, 2.05) is 0 Å². The van der Waals surface area contributed by atoms with Crippen molar-refractivity contribution < 1.29 is 22.9 Å². The average Bonchev–Trinajstić information content (AvgIpc) is 2.55. The molecule has 0 fully saturated rings. The third-order valence-corrected chi connectivity index (χ3v) is 4.23. The van der Waals surface area contributed by atoms with Crippen molar-refractivity contribution in [1.29, 1.82) is 0 Å². The Morgan fingerprint density at radius 2 is 1.60 bits per heavy atom. The number of halogens is 1. The van der Waals surface area contributed by atoms with E-state index in [1.165, 1.54) is 25.3 Å². The highest BCUT2D eigenvalue weighted by molar-refractivity contribution is 7.86. The van der Waals surface area contributed by atoms with Gasteiger partial charge < -0.3 is 15.4 Å². The van der Waals surface area contributed by atoms with E-state index in [1.54, 1.807) is 24.3 Å². The maximum atomic E-state index is 13.0. The molecule has 0 saturated heterocycles. The van der Waals surface area contributed by atoms with Crippen molar-refractivity contribution in [1.82, 2.24) is 0 Å². The van der Waals surface area contributed by atoms with Gasteiger partial charge in [-0.3, -0.25) is 13.8 Å². The molecule has 0 spiro atoms. The minimum atomic E-state index is -1.68. The molecule has 0 bridgehead atoms. The molecule has 2 amide bonds. The maximum Gasteiger partial charge on any atom is 0.237 e. The van der Waals surface area contributed by atoms with Gasteiger partial charge in [0.2, 0.25) is 11.8 Å². The summed E-state index contributed by atoms with van der Waals surface area (Å²) in [5.41, 5.74) is 0.802. The second kappa shape index (κ2) is 8.93. The molecule has 1 atom stereocenters. The summed E-state index contributed by atoms with van der Waals surface area (Å²) in [5, 5.41) is 5.02. The van der Waals surface area contributed by atoms with Crippen LogP contribution in [0.15, 0.2) is 48.5 Å². The summed E-state index contributed by atoms with van der Waals surface area (Å²) in [5.74, 6) is -1.54. The summed E-state index contributed by atoms with van der Waals surface area (Å²) in [6.45, 7) is 0. The summed E-state index contributed by atoms with van der Waals surface area (Å²) in [7, 11) is -0.148. The van der Waals surface area contributed by atoms with Crippen LogP contribution in [0.3, 0.4) is 0 Å². The molecule has 2 aromatic carbocycles. The van der Waals surface area contributed by atoms with Crippen molar-refractivity contribution in [2.45, 2.75) is 0 Å². The van der Waals surface area contributed by atoms with Gasteiger partial charge in [-0.05, 0) is 42.5 Å². The lowest BCUT2D eigenvalue weighted by Crippen LogP contribution is -2.26. The van der Waals surface area contributed by atoms with Crippen molar-refractivity contribution in [3.63, 3.8) is 0 Å². The topological polar surface area (TPSA) is 84.5 Å². The monoisotopic (exact) mass is 364 g/mol. The van der Waals surface area contributed by atoms with E-state index in [4.69, 9.17) is 4.74 Å². The van der Waals surface area contributed by atoms with Crippen LogP contribution in [0.2, 0.25) is 0 Å². The summed E-state index contributed by atoms with van der Waals surface area (Å²) in [6, 6.07) is 12.0. The standard InChI is InChI=1S/C17H17FN2O4S/c1-24-15-7-5-13(6-8-15)19-16(21)10-25(23)11-17(22)20-14-4-2-3-12(18)9-14/h2-9H,10-11H2,1H3,(H,19,21)(H,20,22)/t25-/m0/s1. The molecule has 2 aromatic rings. The Kier molecular flexibility index (Phi) is 6.64. The minimum absolute atomic E-state index is 0.268. The van der Waals surface area contributed by atoms with Gasteiger partial charge in [-0.25, -0.2) is 4.39 Å². The van der Waals surface area contributed by atoms with Gasteiger partial charge in [0.1, 0.15) is 23.1 Å². The molecular weight excluding hydrogens is 347 g/mol. The first kappa shape index (κ1) is 18.6. The van der Waals surface area contributed by atoms with E-state index in [9.17, 15) is 18.2 Å². The molecule has 2 rings (SSSR count). The Morgan fingerprint density at radius 3 is 2.16 bits per heavy atom. The number of hydrogen-bond donors (Lipinski definition) is 2. The first-order valence-electron chi connectivity index (χ1n) is 7.30. The molecule has 0 heterocycles. The number of anilines is 2. The number of carbonyl (C=O) groups is 2. The molecule has 0 aromatic heterocycles. The Hall–Kier alpha value is -2.74. The Labute approximate surface area is 146 Å². The fourth-order valence-electron chi connectivity index (χ4n) is 1.98. The van der Waals surface area contributed by atoms with E-state index in [-0.39, 0.29) is 17.2 Å². The first-order valence-corrected chi connectivity index (χ1v) is 8.79. The van der Waals surface area contributed by atoms with Gasteiger partial charge in [0, 0.05) is 22.2 Å². The zero-order valence-electron chi connectivity index (χ0n) is 13.5. The smallest absolute Gasteiger partial charge is 0.237 e. The highest BCUT2D eigenvalue weighted by Crippen LogP contribution is 2.15. The van der Waals surface area contributed by atoms with Crippen molar-refractivity contribution in [3.05, 3.63) is 54.3 Å². The fraction of sp³-hybridized carbons (Fsp3) is 0.176. The van der Waals surface area contributed by atoms with Gasteiger partial charge in [0.25, 0.3) is 0 Å². The van der Waals surface area contributed by atoms with Crippen molar-refractivity contribution >= 4 is 34.0 Å². The van der Waals surface area contributed by atoms with Crippen LogP contribution in [0.4, 0.5) is 15.8 Å². The van der Waals surface area contributed by atoms with Crippen LogP contribution in [0.1, 0.15) is 0 Å². The van der Waals surface area contributed by atoms with Gasteiger partial charge in [-0.15, -0.1) is 0 Å². The lowest BCUT2D eigenvalue weighted by atomic mass is 10.3. The van der Waals surface area contributed by atoms with Crippen LogP contribution >= 0.6 is 0 Å². The van der Waals surface area contributed by atoms with E-state index >= 15 is 0 Å². The quantitative estimate of drug-likeness (QED) is 0.789. The predicted octanol–water partition coefficient (Wildman–Crippen LogP) is 2.16. The molecule has 8 heteroatoms. The number of hydrogen-bond acceptors (Lipinski definition) is 4. The number of rotatable bonds is 7. The van der Waals surface area contributed by atoms with Crippen LogP contribution in [0.5, 0.6) is 5.75 Å². The minimum Gasteiger partial charge on any atom is -0.497 e. The number of methoxy groups -OCH3 is 1. The van der Waals surface area contributed by atoms with E-state index in [2.05, 4.69) is 10.6 Å². The van der Waals surface area contributed by atoms with E-state index in [0.717, 1.165) is 6.07 Å². The number of benzene rings is 2. The fourth-order valence-corrected chi connectivity index (χ4v) is 2.81. The lowest BCUT2D eigenvalue weighted by Gasteiger charge is -2.07. The third kappa shape index (κ3) is 6.34. The van der Waals surface area contributed by atoms with Gasteiger partial charge in [-0.2, -0.15) is 0 Å². The van der Waals surface area contributed by atoms with Crippen molar-refractivity contribution in [2.75, 3.05) is 29.2 Å². The molecule has 25 heavy (non-hydrogen) atoms. The summed E-state index contributed by atoms with van der Waals surface area (Å²) < 4.78 is 30.0. The molecule has 6 nitrogen and oxygen atoms in total. The molecule has 0 radical (unpaired) electrons. The Morgan fingerprint density at radius 1 is 1.00 bits per heavy atom. The number of ether oxygens (including phenoxy) is 1. The molecule has 0 saturated carbocycles. The van der Waals surface area contributed by atoms with Crippen LogP contribution in [0, 0.1) is 5.82 Å². The van der Waals surface area contributed by atoms with E-state index < -0.39 is 28.4 Å². The normalized spacial score (nSPS) is 11.4. The third-order valence-electron chi connectivity index (χ3n) is 3.07.